The molecule has 0 bridgehead atoms. The molecule has 5 nitrogen and oxygen atoms in total. The number of aromatic nitrogens is 1. The molecule has 24 heavy (non-hydrogen) atoms. The molecule has 1 aromatic heterocycles. The first-order valence-corrected chi connectivity index (χ1v) is 7.98. The second-order valence-electron chi connectivity index (χ2n) is 5.99. The first-order chi connectivity index (χ1) is 11.6. The maximum Gasteiger partial charge on any atom is 0.272 e. The lowest BCUT2D eigenvalue weighted by Crippen LogP contribution is -2.52. The largest absolute Gasteiger partial charge is 0.483 e. The molecule has 5 heteroatoms. The molecule has 1 aromatic carbocycles. The summed E-state index contributed by atoms with van der Waals surface area (Å²) in [6.07, 6.45) is 5.99. The molecule has 2 aromatic rings. The van der Waals surface area contributed by atoms with Crippen LogP contribution in [0, 0.1) is 0 Å². The Bertz CT molecular complexity index is 792. The van der Waals surface area contributed by atoms with E-state index in [1.54, 1.807) is 6.08 Å². The molecule has 1 saturated carbocycles. The van der Waals surface area contributed by atoms with Gasteiger partial charge in [0.15, 0.2) is 11.4 Å². The molecule has 1 aliphatic rings. The molecule has 0 spiro atoms. The van der Waals surface area contributed by atoms with E-state index in [4.69, 9.17) is 4.74 Å². The molecule has 0 aliphatic heterocycles. The number of amides is 1. The quantitative estimate of drug-likeness (QED) is 0.803. The lowest BCUT2D eigenvalue weighted by atomic mass is 9.77. The first kappa shape index (κ1) is 16.1. The van der Waals surface area contributed by atoms with Crippen molar-refractivity contribution in [2.75, 3.05) is 0 Å². The molecule has 1 aliphatic carbocycles. The normalized spacial score (nSPS) is 15.2. The predicted molar refractivity (Wildman–Crippen MR) is 92.1 cm³/mol. The van der Waals surface area contributed by atoms with Gasteiger partial charge in [-0.2, -0.15) is 0 Å². The molecule has 2 N–H and O–H groups in total. The number of hydrogen-bond donors (Lipinski definition) is 2. The lowest BCUT2D eigenvalue weighted by Gasteiger charge is -2.39. The highest BCUT2D eigenvalue weighted by atomic mass is 16.5. The summed E-state index contributed by atoms with van der Waals surface area (Å²) in [5, 5.41) is 2.95. The van der Waals surface area contributed by atoms with Gasteiger partial charge in [-0.3, -0.25) is 9.59 Å². The molecule has 0 saturated heterocycles. The first-order valence-electron chi connectivity index (χ1n) is 7.98. The van der Waals surface area contributed by atoms with E-state index in [-0.39, 0.29) is 34.9 Å². The highest BCUT2D eigenvalue weighted by Gasteiger charge is 2.36. The monoisotopic (exact) mass is 324 g/mol. The maximum atomic E-state index is 12.6. The van der Waals surface area contributed by atoms with Crippen molar-refractivity contribution in [2.24, 2.45) is 0 Å². The second kappa shape index (κ2) is 6.74. The van der Waals surface area contributed by atoms with Crippen LogP contribution in [-0.2, 0) is 6.61 Å². The van der Waals surface area contributed by atoms with E-state index in [2.05, 4.69) is 16.9 Å². The highest BCUT2D eigenvalue weighted by Crippen LogP contribution is 2.33. The SMILES string of the molecule is C=CC1(NC(=O)c2[nH]ccc(=O)c2OCc2ccccc2)CCC1. The number of carbonyl (C=O) groups excluding carboxylic acids is 1. The van der Waals surface area contributed by atoms with E-state index in [1.807, 2.05) is 30.3 Å². The third-order valence-corrected chi connectivity index (χ3v) is 4.37. The lowest BCUT2D eigenvalue weighted by molar-refractivity contribution is 0.0866. The summed E-state index contributed by atoms with van der Waals surface area (Å²) >= 11 is 0. The zero-order valence-corrected chi connectivity index (χ0v) is 13.4. The van der Waals surface area contributed by atoms with Crippen molar-refractivity contribution in [3.05, 3.63) is 76.7 Å². The highest BCUT2D eigenvalue weighted by molar-refractivity contribution is 5.95. The summed E-state index contributed by atoms with van der Waals surface area (Å²) in [6.45, 7) is 4.02. The summed E-state index contributed by atoms with van der Waals surface area (Å²) in [5.41, 5.74) is 0.372. The summed E-state index contributed by atoms with van der Waals surface area (Å²) in [6, 6.07) is 10.8. The number of H-pyrrole nitrogens is 1. The molecule has 1 fully saturated rings. The van der Waals surface area contributed by atoms with E-state index in [9.17, 15) is 9.59 Å². The fraction of sp³-hybridized carbons (Fsp3) is 0.263. The number of hydrogen-bond acceptors (Lipinski definition) is 3. The van der Waals surface area contributed by atoms with Gasteiger partial charge in [0.2, 0.25) is 5.43 Å². The van der Waals surface area contributed by atoms with Crippen LogP contribution in [0.3, 0.4) is 0 Å². The van der Waals surface area contributed by atoms with Gasteiger partial charge in [-0.25, -0.2) is 0 Å². The molecule has 0 unspecified atom stereocenters. The Kier molecular flexibility index (Phi) is 4.51. The number of pyridine rings is 1. The zero-order valence-electron chi connectivity index (χ0n) is 13.4. The van der Waals surface area contributed by atoms with Crippen LogP contribution in [0.1, 0.15) is 35.3 Å². The van der Waals surface area contributed by atoms with Crippen molar-refractivity contribution >= 4 is 5.91 Å². The van der Waals surface area contributed by atoms with Crippen LogP contribution in [0.25, 0.3) is 0 Å². The number of rotatable bonds is 6. The van der Waals surface area contributed by atoms with Crippen LogP contribution in [0.5, 0.6) is 5.75 Å². The van der Waals surface area contributed by atoms with Crippen molar-refractivity contribution in [3.63, 3.8) is 0 Å². The van der Waals surface area contributed by atoms with E-state index < -0.39 is 0 Å². The van der Waals surface area contributed by atoms with Crippen LogP contribution in [0.4, 0.5) is 0 Å². The Morgan fingerprint density at radius 1 is 1.29 bits per heavy atom. The van der Waals surface area contributed by atoms with Gasteiger partial charge in [-0.05, 0) is 24.8 Å². The Balaban J connectivity index is 1.80. The van der Waals surface area contributed by atoms with E-state index in [0.29, 0.717) is 0 Å². The Morgan fingerprint density at radius 2 is 2.04 bits per heavy atom. The average molecular weight is 324 g/mol. The van der Waals surface area contributed by atoms with Gasteiger partial charge in [-0.15, -0.1) is 6.58 Å². The third-order valence-electron chi connectivity index (χ3n) is 4.37. The van der Waals surface area contributed by atoms with Gasteiger partial charge in [0.25, 0.3) is 5.91 Å². The topological polar surface area (TPSA) is 71.2 Å². The minimum absolute atomic E-state index is 0.0392. The summed E-state index contributed by atoms with van der Waals surface area (Å²) in [7, 11) is 0. The summed E-state index contributed by atoms with van der Waals surface area (Å²) < 4.78 is 5.64. The van der Waals surface area contributed by atoms with Crippen LogP contribution >= 0.6 is 0 Å². The van der Waals surface area contributed by atoms with Crippen molar-refractivity contribution in [3.8, 4) is 5.75 Å². The van der Waals surface area contributed by atoms with Gasteiger partial charge >= 0.3 is 0 Å². The van der Waals surface area contributed by atoms with Gasteiger partial charge in [-0.1, -0.05) is 36.4 Å². The third kappa shape index (κ3) is 3.25. The van der Waals surface area contributed by atoms with E-state index in [0.717, 1.165) is 24.8 Å². The number of aromatic amines is 1. The number of benzene rings is 1. The molecular weight excluding hydrogens is 304 g/mol. The Labute approximate surface area is 140 Å². The maximum absolute atomic E-state index is 12.6. The Morgan fingerprint density at radius 3 is 2.67 bits per heavy atom. The molecule has 3 rings (SSSR count). The predicted octanol–water partition coefficient (Wildman–Crippen LogP) is 2.79. The minimum atomic E-state index is -0.374. The van der Waals surface area contributed by atoms with Crippen LogP contribution in [-0.4, -0.2) is 16.4 Å². The molecule has 124 valence electrons. The number of nitrogens with one attached hydrogen (secondary N) is 2. The Hall–Kier alpha value is -2.82. The van der Waals surface area contributed by atoms with E-state index >= 15 is 0 Å². The standard InChI is InChI=1S/C19H20N2O3/c1-2-19(10-6-11-19)21-18(23)16-17(15(22)9-12-20-16)24-13-14-7-4-3-5-8-14/h2-5,7-9,12H,1,6,10-11,13H2,(H,20,22)(H,21,23). The molecule has 1 amide bonds. The molecule has 1 heterocycles. The fourth-order valence-electron chi connectivity index (χ4n) is 2.73. The van der Waals surface area contributed by atoms with Crippen LogP contribution in [0.2, 0.25) is 0 Å². The zero-order chi connectivity index (χ0) is 17.0. The molecule has 0 atom stereocenters. The van der Waals surface area contributed by atoms with Crippen molar-refractivity contribution in [2.45, 2.75) is 31.4 Å². The van der Waals surface area contributed by atoms with Crippen LogP contribution in [0.15, 0.2) is 60.0 Å². The smallest absolute Gasteiger partial charge is 0.272 e. The number of carbonyl (C=O) groups is 1. The molecular formula is C19H20N2O3. The van der Waals surface area contributed by atoms with Crippen molar-refractivity contribution in [1.29, 1.82) is 0 Å². The molecule has 0 radical (unpaired) electrons. The number of ether oxygens (including phenoxy) is 1. The summed E-state index contributed by atoms with van der Waals surface area (Å²) in [4.78, 5) is 27.6. The van der Waals surface area contributed by atoms with Gasteiger partial charge in [0.05, 0.1) is 5.54 Å². The van der Waals surface area contributed by atoms with Crippen molar-refractivity contribution in [1.82, 2.24) is 10.3 Å². The van der Waals surface area contributed by atoms with Gasteiger partial charge < -0.3 is 15.0 Å². The van der Waals surface area contributed by atoms with Crippen LogP contribution < -0.4 is 15.5 Å². The summed E-state index contributed by atoms with van der Waals surface area (Å²) in [5.74, 6) is -0.312. The minimum Gasteiger partial charge on any atom is -0.483 e. The average Bonchev–Trinajstić information content (AvgIpc) is 2.57. The second-order valence-corrected chi connectivity index (χ2v) is 5.99. The van der Waals surface area contributed by atoms with E-state index in [1.165, 1.54) is 12.3 Å². The van der Waals surface area contributed by atoms with Gasteiger partial charge in [0.1, 0.15) is 6.61 Å². The van der Waals surface area contributed by atoms with Gasteiger partial charge in [0, 0.05) is 12.3 Å². The fourth-order valence-corrected chi connectivity index (χ4v) is 2.73. The van der Waals surface area contributed by atoms with Crippen molar-refractivity contribution < 1.29 is 9.53 Å².